The average Bonchev–Trinajstić information content (AvgIpc) is 3.25. The minimum absolute atomic E-state index is 0.249. The van der Waals surface area contributed by atoms with Gasteiger partial charge in [0.05, 0.1) is 0 Å². The van der Waals surface area contributed by atoms with Crippen LogP contribution in [0.25, 0.3) is 11.5 Å². The first-order chi connectivity index (χ1) is 12.7. The zero-order chi connectivity index (χ0) is 17.9. The van der Waals surface area contributed by atoms with Crippen LogP contribution in [0, 0.1) is 0 Å². The van der Waals surface area contributed by atoms with Crippen molar-refractivity contribution < 1.29 is 4.42 Å². The first-order valence-electron chi connectivity index (χ1n) is 7.75. The van der Waals surface area contributed by atoms with Gasteiger partial charge >= 0.3 is 0 Å². The standard InChI is InChI=1S/C17H12BrClN6O/c18-13-5-1-3-11(7-13)8-15-20-24-25(23-15)10-16-21-22-17(26-16)12-4-2-6-14(19)9-12/h1-7,9H,8,10H2. The minimum atomic E-state index is 0.249. The third-order valence-electron chi connectivity index (χ3n) is 3.56. The van der Waals surface area contributed by atoms with Crippen LogP contribution in [-0.4, -0.2) is 30.4 Å². The van der Waals surface area contributed by atoms with Crippen molar-refractivity contribution >= 4 is 27.5 Å². The van der Waals surface area contributed by atoms with E-state index in [2.05, 4.69) is 41.5 Å². The number of rotatable bonds is 5. The third kappa shape index (κ3) is 3.97. The van der Waals surface area contributed by atoms with E-state index in [1.165, 1.54) is 4.80 Å². The summed E-state index contributed by atoms with van der Waals surface area (Å²) in [7, 11) is 0. The summed E-state index contributed by atoms with van der Waals surface area (Å²) in [5.41, 5.74) is 1.86. The van der Waals surface area contributed by atoms with Crippen LogP contribution >= 0.6 is 27.5 Å². The molecule has 0 fully saturated rings. The smallest absolute Gasteiger partial charge is 0.247 e. The largest absolute Gasteiger partial charge is 0.419 e. The van der Waals surface area contributed by atoms with Crippen LogP contribution < -0.4 is 0 Å². The molecule has 0 aliphatic heterocycles. The molecule has 4 rings (SSSR count). The SMILES string of the molecule is Clc1cccc(-c2nnc(Cn3nnc(Cc4cccc(Br)c4)n3)o2)c1. The Morgan fingerprint density at radius 3 is 2.77 bits per heavy atom. The van der Waals surface area contributed by atoms with Gasteiger partial charge in [0.2, 0.25) is 11.8 Å². The van der Waals surface area contributed by atoms with Crippen molar-refractivity contribution in [1.82, 2.24) is 30.4 Å². The second-order valence-corrected chi connectivity index (χ2v) is 6.91. The number of hydrogen-bond donors (Lipinski definition) is 0. The van der Waals surface area contributed by atoms with Gasteiger partial charge < -0.3 is 4.42 Å². The Balaban J connectivity index is 1.46. The molecule has 130 valence electrons. The number of tetrazole rings is 1. The molecule has 2 heterocycles. The molecule has 0 bridgehead atoms. The lowest BCUT2D eigenvalue weighted by molar-refractivity contribution is 0.446. The number of benzene rings is 2. The minimum Gasteiger partial charge on any atom is -0.419 e. The van der Waals surface area contributed by atoms with Gasteiger partial charge in [0.25, 0.3) is 0 Å². The van der Waals surface area contributed by atoms with Gasteiger partial charge in [0, 0.05) is 21.5 Å². The van der Waals surface area contributed by atoms with Crippen molar-refractivity contribution in [1.29, 1.82) is 0 Å². The molecule has 0 radical (unpaired) electrons. The molecule has 0 atom stereocenters. The van der Waals surface area contributed by atoms with Crippen LogP contribution in [0.3, 0.4) is 0 Å². The Labute approximate surface area is 162 Å². The van der Waals surface area contributed by atoms with E-state index in [0.29, 0.717) is 29.0 Å². The van der Waals surface area contributed by atoms with Gasteiger partial charge in [-0.1, -0.05) is 45.7 Å². The molecule has 0 N–H and O–H groups in total. The van der Waals surface area contributed by atoms with Crippen LogP contribution in [0.4, 0.5) is 0 Å². The molecular formula is C17H12BrClN6O. The quantitative estimate of drug-likeness (QED) is 0.478. The molecular weight excluding hydrogens is 420 g/mol. The van der Waals surface area contributed by atoms with E-state index < -0.39 is 0 Å². The van der Waals surface area contributed by atoms with Gasteiger partial charge in [0.1, 0.15) is 6.54 Å². The maximum Gasteiger partial charge on any atom is 0.247 e. The van der Waals surface area contributed by atoms with E-state index in [-0.39, 0.29) is 6.54 Å². The molecule has 0 amide bonds. The van der Waals surface area contributed by atoms with E-state index in [1.54, 1.807) is 12.1 Å². The fourth-order valence-electron chi connectivity index (χ4n) is 2.42. The summed E-state index contributed by atoms with van der Waals surface area (Å²) in [5.74, 6) is 1.42. The zero-order valence-corrected chi connectivity index (χ0v) is 15.7. The second kappa shape index (κ2) is 7.35. The molecule has 0 spiro atoms. The summed E-state index contributed by atoms with van der Waals surface area (Å²) in [6.45, 7) is 0.249. The highest BCUT2D eigenvalue weighted by Crippen LogP contribution is 2.21. The Hall–Kier alpha value is -2.58. The lowest BCUT2D eigenvalue weighted by Gasteiger charge is -1.97. The molecule has 2 aromatic heterocycles. The van der Waals surface area contributed by atoms with Gasteiger partial charge in [-0.3, -0.25) is 0 Å². The molecule has 7 nitrogen and oxygen atoms in total. The van der Waals surface area contributed by atoms with Crippen molar-refractivity contribution in [3.05, 3.63) is 75.3 Å². The maximum absolute atomic E-state index is 5.99. The second-order valence-electron chi connectivity index (χ2n) is 5.55. The molecule has 9 heteroatoms. The summed E-state index contributed by atoms with van der Waals surface area (Å²) in [5, 5.41) is 21.1. The topological polar surface area (TPSA) is 82.5 Å². The van der Waals surface area contributed by atoms with E-state index in [0.717, 1.165) is 15.6 Å². The van der Waals surface area contributed by atoms with Gasteiger partial charge in [-0.25, -0.2) is 0 Å². The highest BCUT2D eigenvalue weighted by molar-refractivity contribution is 9.10. The van der Waals surface area contributed by atoms with Crippen molar-refractivity contribution in [2.24, 2.45) is 0 Å². The fraction of sp³-hybridized carbons (Fsp3) is 0.118. The predicted molar refractivity (Wildman–Crippen MR) is 98.6 cm³/mol. The van der Waals surface area contributed by atoms with Crippen LogP contribution in [-0.2, 0) is 13.0 Å². The Kier molecular flexibility index (Phi) is 4.77. The summed E-state index contributed by atoms with van der Waals surface area (Å²) < 4.78 is 6.67. The molecule has 0 unspecified atom stereocenters. The third-order valence-corrected chi connectivity index (χ3v) is 4.29. The zero-order valence-electron chi connectivity index (χ0n) is 13.4. The Morgan fingerprint density at radius 2 is 1.92 bits per heavy atom. The summed E-state index contributed by atoms with van der Waals surface area (Å²) in [6.07, 6.45) is 0.594. The monoisotopic (exact) mass is 430 g/mol. The number of halogens is 2. The molecule has 0 aliphatic carbocycles. The lowest BCUT2D eigenvalue weighted by atomic mass is 10.1. The lowest BCUT2D eigenvalue weighted by Crippen LogP contribution is -2.04. The molecule has 2 aromatic carbocycles. The molecule has 4 aromatic rings. The van der Waals surface area contributed by atoms with Gasteiger partial charge in [-0.2, -0.15) is 4.80 Å². The van der Waals surface area contributed by atoms with Gasteiger partial charge in [-0.05, 0) is 41.1 Å². The van der Waals surface area contributed by atoms with Crippen molar-refractivity contribution in [2.45, 2.75) is 13.0 Å². The summed E-state index contributed by atoms with van der Waals surface area (Å²) in [4.78, 5) is 1.43. The van der Waals surface area contributed by atoms with E-state index in [4.69, 9.17) is 16.0 Å². The van der Waals surface area contributed by atoms with Gasteiger partial charge in [-0.15, -0.1) is 20.4 Å². The summed E-state index contributed by atoms with van der Waals surface area (Å²) in [6, 6.07) is 15.2. The average molecular weight is 432 g/mol. The van der Waals surface area contributed by atoms with Crippen molar-refractivity contribution in [3.8, 4) is 11.5 Å². The maximum atomic E-state index is 5.99. The van der Waals surface area contributed by atoms with Crippen molar-refractivity contribution in [2.75, 3.05) is 0 Å². The summed E-state index contributed by atoms with van der Waals surface area (Å²) >= 11 is 9.44. The highest BCUT2D eigenvalue weighted by atomic mass is 79.9. The Bertz CT molecular complexity index is 1050. The number of nitrogens with zero attached hydrogens (tertiary/aromatic N) is 6. The van der Waals surface area contributed by atoms with Crippen LogP contribution in [0.1, 0.15) is 17.3 Å². The molecule has 0 saturated carbocycles. The first-order valence-corrected chi connectivity index (χ1v) is 8.92. The first kappa shape index (κ1) is 16.9. The molecule has 0 aliphatic rings. The normalized spacial score (nSPS) is 11.0. The van der Waals surface area contributed by atoms with Crippen LogP contribution in [0.5, 0.6) is 0 Å². The fourth-order valence-corrected chi connectivity index (χ4v) is 3.06. The van der Waals surface area contributed by atoms with E-state index >= 15 is 0 Å². The highest BCUT2D eigenvalue weighted by Gasteiger charge is 2.12. The molecule has 0 saturated heterocycles. The van der Waals surface area contributed by atoms with Gasteiger partial charge in [0.15, 0.2) is 5.82 Å². The van der Waals surface area contributed by atoms with E-state index in [1.807, 2.05) is 36.4 Å². The number of hydrogen-bond acceptors (Lipinski definition) is 6. The van der Waals surface area contributed by atoms with E-state index in [9.17, 15) is 0 Å². The predicted octanol–water partition coefficient (Wildman–Crippen LogP) is 3.78. The van der Waals surface area contributed by atoms with Crippen LogP contribution in [0.15, 0.2) is 57.4 Å². The van der Waals surface area contributed by atoms with Crippen LogP contribution in [0.2, 0.25) is 5.02 Å². The Morgan fingerprint density at radius 1 is 1.04 bits per heavy atom. The molecule has 26 heavy (non-hydrogen) atoms. The van der Waals surface area contributed by atoms with Crippen molar-refractivity contribution in [3.63, 3.8) is 0 Å². The number of aromatic nitrogens is 6.